The highest BCUT2D eigenvalue weighted by Crippen LogP contribution is 2.37. The third kappa shape index (κ3) is 6.75. The van der Waals surface area contributed by atoms with Gasteiger partial charge in [-0.2, -0.15) is 0 Å². The van der Waals surface area contributed by atoms with E-state index in [1.807, 2.05) is 0 Å². The Morgan fingerprint density at radius 2 is 1.84 bits per heavy atom. The second-order valence-electron chi connectivity index (χ2n) is 9.14. The zero-order valence-corrected chi connectivity index (χ0v) is 23.4. The number of ether oxygens (including phenoxy) is 3. The molecule has 0 atom stereocenters. The molecule has 0 bridgehead atoms. The van der Waals surface area contributed by atoms with E-state index in [1.165, 1.54) is 19.1 Å². The topological polar surface area (TPSA) is 116 Å². The molecular formula is C26H27BrClNO8. The minimum atomic E-state index is -1.05. The summed E-state index contributed by atoms with van der Waals surface area (Å²) in [5.41, 5.74) is 0.151. The van der Waals surface area contributed by atoms with Crippen molar-refractivity contribution < 1.29 is 33.3 Å². The van der Waals surface area contributed by atoms with Crippen molar-refractivity contribution in [3.8, 4) is 22.8 Å². The lowest BCUT2D eigenvalue weighted by atomic mass is 10.1. The summed E-state index contributed by atoms with van der Waals surface area (Å²) in [6, 6.07) is 8.23. The number of amides is 1. The first-order valence-corrected chi connectivity index (χ1v) is 12.4. The van der Waals surface area contributed by atoms with Crippen LogP contribution in [-0.2, 0) is 16.1 Å². The highest BCUT2D eigenvalue weighted by atomic mass is 79.9. The van der Waals surface area contributed by atoms with Crippen molar-refractivity contribution in [2.45, 2.75) is 39.3 Å². The summed E-state index contributed by atoms with van der Waals surface area (Å²) in [5, 5.41) is 9.67. The van der Waals surface area contributed by atoms with E-state index in [-0.39, 0.29) is 42.0 Å². The third-order valence-corrected chi connectivity index (χ3v) is 6.09. The molecule has 198 valence electrons. The number of carbonyl (C=O) groups is 2. The number of benzene rings is 2. The summed E-state index contributed by atoms with van der Waals surface area (Å²) in [7, 11) is 2.86. The lowest BCUT2D eigenvalue weighted by Crippen LogP contribution is -2.37. The summed E-state index contributed by atoms with van der Waals surface area (Å²) in [5.74, 6) is -0.414. The molecule has 0 aliphatic heterocycles. The molecule has 0 saturated heterocycles. The number of halogens is 2. The molecule has 11 heteroatoms. The van der Waals surface area contributed by atoms with Crippen LogP contribution in [-0.4, -0.2) is 48.4 Å². The van der Waals surface area contributed by atoms with Gasteiger partial charge >= 0.3 is 12.1 Å². The van der Waals surface area contributed by atoms with Crippen molar-refractivity contribution >= 4 is 50.6 Å². The van der Waals surface area contributed by atoms with Crippen LogP contribution >= 0.6 is 27.5 Å². The highest BCUT2D eigenvalue weighted by molar-refractivity contribution is 9.10. The largest absolute Gasteiger partial charge is 0.495 e. The molecule has 3 aromatic rings. The Morgan fingerprint density at radius 1 is 1.14 bits per heavy atom. The van der Waals surface area contributed by atoms with E-state index in [2.05, 4.69) is 15.9 Å². The van der Waals surface area contributed by atoms with Crippen molar-refractivity contribution in [3.05, 3.63) is 55.6 Å². The zero-order valence-electron chi connectivity index (χ0n) is 21.0. The van der Waals surface area contributed by atoms with E-state index in [4.69, 9.17) is 35.3 Å². The first-order valence-electron chi connectivity index (χ1n) is 11.2. The fraction of sp³-hybridized carbons (Fsp3) is 0.346. The van der Waals surface area contributed by atoms with Gasteiger partial charge in [-0.1, -0.05) is 11.6 Å². The minimum Gasteiger partial charge on any atom is -0.495 e. The first-order chi connectivity index (χ1) is 17.3. The zero-order chi connectivity index (χ0) is 27.5. The predicted molar refractivity (Wildman–Crippen MR) is 143 cm³/mol. The van der Waals surface area contributed by atoms with Gasteiger partial charge in [-0.05, 0) is 72.6 Å². The molecule has 1 N–H and O–H groups in total. The lowest BCUT2D eigenvalue weighted by molar-refractivity contribution is -0.137. The summed E-state index contributed by atoms with van der Waals surface area (Å²) < 4.78 is 22.6. The molecule has 0 unspecified atom stereocenters. The van der Waals surface area contributed by atoms with Gasteiger partial charge in [0.05, 0.1) is 35.5 Å². The molecule has 0 fully saturated rings. The van der Waals surface area contributed by atoms with Gasteiger partial charge in [0, 0.05) is 18.7 Å². The minimum absolute atomic E-state index is 0.00826. The van der Waals surface area contributed by atoms with Gasteiger partial charge in [-0.25, -0.2) is 4.79 Å². The lowest BCUT2D eigenvalue weighted by Gasteiger charge is -2.27. The molecule has 0 radical (unpaired) electrons. The third-order valence-electron chi connectivity index (χ3n) is 5.20. The Kier molecular flexibility index (Phi) is 8.76. The maximum absolute atomic E-state index is 13.4. The number of hydrogen-bond acceptors (Lipinski definition) is 7. The van der Waals surface area contributed by atoms with Crippen LogP contribution in [0.25, 0.3) is 22.3 Å². The van der Waals surface area contributed by atoms with Crippen LogP contribution in [0.5, 0.6) is 11.5 Å². The molecule has 37 heavy (non-hydrogen) atoms. The van der Waals surface area contributed by atoms with Gasteiger partial charge in [0.1, 0.15) is 11.4 Å². The monoisotopic (exact) mass is 595 g/mol. The Bertz CT molecular complexity index is 1400. The van der Waals surface area contributed by atoms with Crippen LogP contribution < -0.4 is 14.9 Å². The predicted octanol–water partition coefficient (Wildman–Crippen LogP) is 6.10. The summed E-state index contributed by atoms with van der Waals surface area (Å²) >= 11 is 9.73. The summed E-state index contributed by atoms with van der Waals surface area (Å²) in [6.45, 7) is 5.09. The van der Waals surface area contributed by atoms with Crippen LogP contribution in [0, 0.1) is 0 Å². The maximum atomic E-state index is 13.4. The Labute approximate surface area is 227 Å². The van der Waals surface area contributed by atoms with Crippen LogP contribution in [0.3, 0.4) is 0 Å². The number of aliphatic carboxylic acids is 1. The van der Waals surface area contributed by atoms with Gasteiger partial charge < -0.3 is 28.6 Å². The molecule has 1 amide bonds. The molecule has 1 aromatic heterocycles. The number of nitrogens with zero attached hydrogens (tertiary/aromatic N) is 1. The normalized spacial score (nSPS) is 11.3. The summed E-state index contributed by atoms with van der Waals surface area (Å²) in [6.07, 6.45) is -0.932. The average Bonchev–Trinajstić information content (AvgIpc) is 2.80. The van der Waals surface area contributed by atoms with Crippen molar-refractivity contribution in [1.82, 2.24) is 4.90 Å². The molecule has 0 aliphatic carbocycles. The Hall–Kier alpha value is -3.24. The number of hydrogen-bond donors (Lipinski definition) is 1. The number of fused-ring (bicyclic) bond motifs is 1. The second-order valence-corrected chi connectivity index (χ2v) is 10.4. The van der Waals surface area contributed by atoms with Crippen molar-refractivity contribution in [1.29, 1.82) is 0 Å². The van der Waals surface area contributed by atoms with E-state index in [9.17, 15) is 14.4 Å². The van der Waals surface area contributed by atoms with E-state index in [1.54, 1.807) is 51.1 Å². The fourth-order valence-corrected chi connectivity index (χ4v) is 4.43. The molecule has 0 spiro atoms. The maximum Gasteiger partial charge on any atom is 0.410 e. The summed E-state index contributed by atoms with van der Waals surface area (Å²) in [4.78, 5) is 38.6. The van der Waals surface area contributed by atoms with E-state index in [0.717, 1.165) is 0 Å². The van der Waals surface area contributed by atoms with E-state index < -0.39 is 23.1 Å². The van der Waals surface area contributed by atoms with Crippen molar-refractivity contribution in [2.24, 2.45) is 0 Å². The van der Waals surface area contributed by atoms with Crippen LogP contribution in [0.2, 0.25) is 5.02 Å². The number of rotatable bonds is 8. The van der Waals surface area contributed by atoms with Gasteiger partial charge in [0.2, 0.25) is 11.2 Å². The number of methoxy groups -OCH3 is 2. The van der Waals surface area contributed by atoms with Crippen molar-refractivity contribution in [3.63, 3.8) is 0 Å². The molecular weight excluding hydrogens is 570 g/mol. The molecule has 2 aromatic carbocycles. The van der Waals surface area contributed by atoms with Crippen LogP contribution in [0.4, 0.5) is 4.79 Å². The molecule has 0 aliphatic rings. The van der Waals surface area contributed by atoms with Gasteiger partial charge in [0.25, 0.3) is 0 Å². The van der Waals surface area contributed by atoms with Crippen LogP contribution in [0.1, 0.15) is 32.8 Å². The van der Waals surface area contributed by atoms with E-state index >= 15 is 0 Å². The van der Waals surface area contributed by atoms with Crippen molar-refractivity contribution in [2.75, 3.05) is 20.8 Å². The molecule has 1 heterocycles. The SMILES string of the molecule is COc1ccc(-c2oc3c(Br)cc(CN(CCC(=O)O)C(=O)OC(C)(C)C)cc3c(=O)c2OC)cc1Cl. The smallest absolute Gasteiger partial charge is 0.410 e. The average molecular weight is 597 g/mol. The van der Waals surface area contributed by atoms with Gasteiger partial charge in [0.15, 0.2) is 11.3 Å². The first kappa shape index (κ1) is 28.3. The quantitative estimate of drug-likeness (QED) is 0.331. The molecule has 0 saturated carbocycles. The van der Waals surface area contributed by atoms with Crippen LogP contribution in [0.15, 0.2) is 44.0 Å². The standard InChI is InChI=1S/C26H27BrClNO8/c1-26(2,3)37-25(33)29(9-8-20(30)31)13-14-10-16-21(32)24(35-5)22(36-23(16)17(27)11-14)15-6-7-19(34-4)18(28)12-15/h6-7,10-12H,8-9,13H2,1-5H3,(H,30,31). The number of carboxylic acids is 1. The Balaban J connectivity index is 2.08. The highest BCUT2D eigenvalue weighted by Gasteiger charge is 2.25. The van der Waals surface area contributed by atoms with E-state index in [0.29, 0.717) is 26.4 Å². The fourth-order valence-electron chi connectivity index (χ4n) is 3.58. The van der Waals surface area contributed by atoms with Gasteiger partial charge in [-0.3, -0.25) is 9.59 Å². The van der Waals surface area contributed by atoms with Gasteiger partial charge in [-0.15, -0.1) is 0 Å². The Morgan fingerprint density at radius 3 is 2.41 bits per heavy atom. The molecule has 9 nitrogen and oxygen atoms in total. The molecule has 3 rings (SSSR count). The number of carboxylic acid groups (broad SMARTS) is 1. The number of carbonyl (C=O) groups excluding carboxylic acids is 1. The second kappa shape index (κ2) is 11.4.